The maximum absolute atomic E-state index is 11.5. The predicted molar refractivity (Wildman–Crippen MR) is 168 cm³/mol. The molecule has 0 amide bonds. The molecule has 5 fully saturated rings. The van der Waals surface area contributed by atoms with E-state index < -0.39 is 37.3 Å². The number of hydrogen-bond donors (Lipinski definition) is 7. The Kier molecular flexibility index (Phi) is 8.74. The molecule has 9 nitrogen and oxygen atoms in total. The van der Waals surface area contributed by atoms with E-state index in [1.807, 2.05) is 0 Å². The maximum Gasteiger partial charge on any atom is 0.186 e. The number of allylic oxidation sites excluding steroid dienone is 1. The summed E-state index contributed by atoms with van der Waals surface area (Å²) in [7, 11) is 0. The van der Waals surface area contributed by atoms with E-state index in [0.29, 0.717) is 11.8 Å². The number of ether oxygens (including phenoxy) is 2. The second-order valence-corrected chi connectivity index (χ2v) is 17.6. The van der Waals surface area contributed by atoms with E-state index in [1.54, 1.807) is 0 Å². The Morgan fingerprint density at radius 2 is 1.49 bits per heavy atom. The molecule has 1 heterocycles. The SMILES string of the molecule is CC1(C)[C@@H](O[C@@H]2O[C@H](CO)[C@@H](O)[C@H](O)[C@H]2O)CC[C@]2(C)[C@H]3CC=C4[C@@H]5C[C@](C)(CO)CC[C@]5(CO)CC[C@@]4(CO)[C@]3(C)CC[C@@H]12. The summed E-state index contributed by atoms with van der Waals surface area (Å²) in [5.41, 5.74) is 0.229. The first kappa shape index (κ1) is 34.3. The first-order valence-electron chi connectivity index (χ1n) is 17.6. The highest BCUT2D eigenvalue weighted by Crippen LogP contribution is 2.75. The molecule has 258 valence electrons. The van der Waals surface area contributed by atoms with Crippen LogP contribution in [0.4, 0.5) is 0 Å². The standard InChI is InChI=1S/C36H60O9/c1-31(2)24-8-11-34(5)25(33(24,4)10-9-26(31)45-30-29(43)28(42)27(41)23(17-37)44-30)7-6-21-22-16-32(3,18-38)12-13-35(22,19-39)14-15-36(21,34)20-40/h6,22-30,37-43H,7-20H2,1-5H3/t22-,23+,24-,25+,26-,27+,28-,29+,30-,32+,33-,34+,35+,36-/m0/s1. The molecule has 5 aliphatic carbocycles. The van der Waals surface area contributed by atoms with E-state index in [-0.39, 0.29) is 64.3 Å². The Balaban J connectivity index is 1.30. The minimum Gasteiger partial charge on any atom is -0.396 e. The van der Waals surface area contributed by atoms with Gasteiger partial charge in [-0.25, -0.2) is 0 Å². The zero-order chi connectivity index (χ0) is 32.8. The minimum atomic E-state index is -1.47. The number of fused-ring (bicyclic) bond motifs is 7. The van der Waals surface area contributed by atoms with Gasteiger partial charge in [-0.2, -0.15) is 0 Å². The van der Waals surface area contributed by atoms with Crippen LogP contribution in [0, 0.1) is 50.2 Å². The van der Waals surface area contributed by atoms with Gasteiger partial charge in [0.05, 0.1) is 19.3 Å². The van der Waals surface area contributed by atoms with Gasteiger partial charge in [0.1, 0.15) is 24.4 Å². The first-order chi connectivity index (χ1) is 21.1. The van der Waals surface area contributed by atoms with Gasteiger partial charge < -0.3 is 45.2 Å². The average molecular weight is 637 g/mol. The van der Waals surface area contributed by atoms with Gasteiger partial charge in [-0.15, -0.1) is 0 Å². The Labute approximate surface area is 269 Å². The van der Waals surface area contributed by atoms with Gasteiger partial charge in [-0.3, -0.25) is 0 Å². The van der Waals surface area contributed by atoms with E-state index in [0.717, 1.165) is 64.2 Å². The van der Waals surface area contributed by atoms with Crippen molar-refractivity contribution in [2.75, 3.05) is 26.4 Å². The molecule has 9 heteroatoms. The third-order valence-corrected chi connectivity index (χ3v) is 15.4. The normalized spacial score (nSPS) is 54.2. The van der Waals surface area contributed by atoms with Crippen LogP contribution in [0.25, 0.3) is 0 Å². The summed E-state index contributed by atoms with van der Waals surface area (Å²) in [4.78, 5) is 0. The molecule has 6 aliphatic rings. The number of aliphatic hydroxyl groups excluding tert-OH is 7. The molecule has 45 heavy (non-hydrogen) atoms. The predicted octanol–water partition coefficient (Wildman–Crippen LogP) is 2.91. The second kappa shape index (κ2) is 11.5. The zero-order valence-electron chi connectivity index (χ0n) is 28.1. The molecule has 0 radical (unpaired) electrons. The molecule has 0 spiro atoms. The summed E-state index contributed by atoms with van der Waals surface area (Å²) in [5, 5.41) is 73.7. The lowest BCUT2D eigenvalue weighted by Gasteiger charge is -2.72. The summed E-state index contributed by atoms with van der Waals surface area (Å²) in [5.74, 6) is 0.822. The van der Waals surface area contributed by atoms with Crippen molar-refractivity contribution in [2.45, 2.75) is 136 Å². The van der Waals surface area contributed by atoms with E-state index in [9.17, 15) is 35.7 Å². The summed E-state index contributed by atoms with van der Waals surface area (Å²) >= 11 is 0. The lowest BCUT2D eigenvalue weighted by Crippen LogP contribution is -2.67. The molecular weight excluding hydrogens is 576 g/mol. The molecule has 1 saturated heterocycles. The van der Waals surface area contributed by atoms with Crippen LogP contribution in [0.5, 0.6) is 0 Å². The molecule has 6 rings (SSSR count). The van der Waals surface area contributed by atoms with Crippen molar-refractivity contribution in [3.63, 3.8) is 0 Å². The van der Waals surface area contributed by atoms with Crippen molar-refractivity contribution in [3.8, 4) is 0 Å². The van der Waals surface area contributed by atoms with Crippen LogP contribution < -0.4 is 0 Å². The Hall–Kier alpha value is -0.620. The monoisotopic (exact) mass is 636 g/mol. The zero-order valence-corrected chi connectivity index (χ0v) is 28.1. The third kappa shape index (κ3) is 4.73. The molecule has 0 aromatic rings. The van der Waals surface area contributed by atoms with Gasteiger partial charge in [0.25, 0.3) is 0 Å². The molecule has 4 saturated carbocycles. The van der Waals surface area contributed by atoms with Crippen LogP contribution in [-0.2, 0) is 9.47 Å². The van der Waals surface area contributed by atoms with Gasteiger partial charge in [0.2, 0.25) is 0 Å². The van der Waals surface area contributed by atoms with Crippen molar-refractivity contribution in [1.82, 2.24) is 0 Å². The Morgan fingerprint density at radius 1 is 0.778 bits per heavy atom. The summed E-state index contributed by atoms with van der Waals surface area (Å²) in [6.45, 7) is 11.5. The summed E-state index contributed by atoms with van der Waals surface area (Å²) in [6, 6.07) is 0. The summed E-state index contributed by atoms with van der Waals surface area (Å²) in [6.07, 6.45) is 4.76. The Bertz CT molecular complexity index is 1140. The van der Waals surface area contributed by atoms with E-state index >= 15 is 0 Å². The van der Waals surface area contributed by atoms with Crippen LogP contribution in [0.1, 0.15) is 98.8 Å². The molecule has 0 aromatic carbocycles. The average Bonchev–Trinajstić information content (AvgIpc) is 3.02. The van der Waals surface area contributed by atoms with Crippen LogP contribution in [0.15, 0.2) is 11.6 Å². The van der Waals surface area contributed by atoms with Gasteiger partial charge in [0, 0.05) is 24.0 Å². The van der Waals surface area contributed by atoms with Gasteiger partial charge in [-0.05, 0) is 104 Å². The molecular formula is C36H60O9. The van der Waals surface area contributed by atoms with Crippen molar-refractivity contribution < 1.29 is 45.2 Å². The molecule has 14 atom stereocenters. The molecule has 0 aromatic heterocycles. The summed E-state index contributed by atoms with van der Waals surface area (Å²) < 4.78 is 12.2. The van der Waals surface area contributed by atoms with Crippen molar-refractivity contribution in [1.29, 1.82) is 0 Å². The smallest absolute Gasteiger partial charge is 0.186 e. The van der Waals surface area contributed by atoms with Crippen LogP contribution in [-0.4, -0.2) is 99.0 Å². The van der Waals surface area contributed by atoms with Crippen molar-refractivity contribution >= 4 is 0 Å². The third-order valence-electron chi connectivity index (χ3n) is 15.4. The fourth-order valence-corrected chi connectivity index (χ4v) is 12.4. The topological polar surface area (TPSA) is 160 Å². The molecule has 0 bridgehead atoms. The first-order valence-corrected chi connectivity index (χ1v) is 17.6. The van der Waals surface area contributed by atoms with E-state index in [2.05, 4.69) is 40.7 Å². The highest BCUT2D eigenvalue weighted by molar-refractivity contribution is 5.35. The van der Waals surface area contributed by atoms with Crippen molar-refractivity contribution in [2.24, 2.45) is 50.2 Å². The molecule has 1 aliphatic heterocycles. The largest absolute Gasteiger partial charge is 0.396 e. The lowest BCUT2D eigenvalue weighted by molar-refractivity contribution is -0.330. The lowest BCUT2D eigenvalue weighted by atomic mass is 9.33. The number of hydrogen-bond acceptors (Lipinski definition) is 9. The van der Waals surface area contributed by atoms with Gasteiger partial charge >= 0.3 is 0 Å². The maximum atomic E-state index is 11.5. The van der Waals surface area contributed by atoms with Crippen molar-refractivity contribution in [3.05, 3.63) is 11.6 Å². The highest BCUT2D eigenvalue weighted by Gasteiger charge is 2.70. The van der Waals surface area contributed by atoms with Gasteiger partial charge in [0.15, 0.2) is 6.29 Å². The molecule has 7 N–H and O–H groups in total. The Morgan fingerprint density at radius 3 is 2.13 bits per heavy atom. The second-order valence-electron chi connectivity index (χ2n) is 17.6. The fourth-order valence-electron chi connectivity index (χ4n) is 12.4. The number of aliphatic hydroxyl groups is 7. The minimum absolute atomic E-state index is 0.0202. The van der Waals surface area contributed by atoms with Crippen LogP contribution in [0.2, 0.25) is 0 Å². The number of rotatable bonds is 6. The van der Waals surface area contributed by atoms with Crippen LogP contribution >= 0.6 is 0 Å². The quantitative estimate of drug-likeness (QED) is 0.172. The fraction of sp³-hybridized carbons (Fsp3) is 0.944. The van der Waals surface area contributed by atoms with E-state index in [4.69, 9.17) is 9.47 Å². The molecule has 0 unspecified atom stereocenters. The van der Waals surface area contributed by atoms with E-state index in [1.165, 1.54) is 5.57 Å². The van der Waals surface area contributed by atoms with Crippen LogP contribution in [0.3, 0.4) is 0 Å². The van der Waals surface area contributed by atoms with Gasteiger partial charge in [-0.1, -0.05) is 46.3 Å². The highest BCUT2D eigenvalue weighted by atomic mass is 16.7.